The summed E-state index contributed by atoms with van der Waals surface area (Å²) < 4.78 is 27.4. The molecule has 32 heavy (non-hydrogen) atoms. The summed E-state index contributed by atoms with van der Waals surface area (Å²) in [5.41, 5.74) is 2.42. The van der Waals surface area contributed by atoms with Gasteiger partial charge < -0.3 is 10.2 Å². The summed E-state index contributed by atoms with van der Waals surface area (Å²) in [7, 11) is -3.53. The van der Waals surface area contributed by atoms with Crippen molar-refractivity contribution in [2.24, 2.45) is 5.92 Å². The summed E-state index contributed by atoms with van der Waals surface area (Å²) in [6.45, 7) is 3.41. The quantitative estimate of drug-likeness (QED) is 0.747. The molecule has 2 aliphatic heterocycles. The standard InChI is InChI=1S/C24H29N3O4S/c1-18-6-10-21(11-7-18)27-17-19(16-23(27)28)24(29)25-20-8-12-22(13-9-20)32(30,31)26-14-4-2-3-5-15-26/h6-13,19H,2-5,14-17H2,1H3,(H,25,29)/t19-/m0/s1. The molecule has 8 heteroatoms. The summed E-state index contributed by atoms with van der Waals surface area (Å²) in [4.78, 5) is 27.0. The highest BCUT2D eigenvalue weighted by Gasteiger charge is 2.35. The number of anilines is 2. The molecule has 2 amide bonds. The van der Waals surface area contributed by atoms with E-state index in [1.807, 2.05) is 31.2 Å². The lowest BCUT2D eigenvalue weighted by Crippen LogP contribution is -2.32. The van der Waals surface area contributed by atoms with Crippen LogP contribution in [0.2, 0.25) is 0 Å². The molecule has 0 aromatic heterocycles. The molecule has 0 bridgehead atoms. The molecule has 0 radical (unpaired) electrons. The van der Waals surface area contributed by atoms with Gasteiger partial charge in [-0.15, -0.1) is 0 Å². The number of hydrogen-bond acceptors (Lipinski definition) is 4. The first-order valence-corrected chi connectivity index (χ1v) is 12.6. The Kier molecular flexibility index (Phi) is 6.62. The minimum absolute atomic E-state index is 0.0760. The van der Waals surface area contributed by atoms with Crippen molar-refractivity contribution in [3.05, 3.63) is 54.1 Å². The maximum Gasteiger partial charge on any atom is 0.243 e. The molecule has 0 saturated carbocycles. The molecule has 0 aliphatic carbocycles. The lowest BCUT2D eigenvalue weighted by atomic mass is 10.1. The highest BCUT2D eigenvalue weighted by Crippen LogP contribution is 2.27. The molecule has 2 aliphatic rings. The number of carbonyl (C=O) groups is 2. The molecule has 0 spiro atoms. The number of sulfonamides is 1. The van der Waals surface area contributed by atoms with Crippen LogP contribution in [0.4, 0.5) is 11.4 Å². The van der Waals surface area contributed by atoms with Crippen LogP contribution in [0.1, 0.15) is 37.7 Å². The van der Waals surface area contributed by atoms with Crippen molar-refractivity contribution in [1.82, 2.24) is 4.31 Å². The van der Waals surface area contributed by atoms with E-state index >= 15 is 0 Å². The molecule has 1 atom stereocenters. The van der Waals surface area contributed by atoms with Crippen LogP contribution in [-0.4, -0.2) is 44.2 Å². The summed E-state index contributed by atoms with van der Waals surface area (Å²) >= 11 is 0. The van der Waals surface area contributed by atoms with Crippen molar-refractivity contribution < 1.29 is 18.0 Å². The fourth-order valence-corrected chi connectivity index (χ4v) is 5.76. The first-order chi connectivity index (χ1) is 15.3. The van der Waals surface area contributed by atoms with Gasteiger partial charge in [0.15, 0.2) is 0 Å². The number of nitrogens with zero attached hydrogens (tertiary/aromatic N) is 2. The Morgan fingerprint density at radius 3 is 2.19 bits per heavy atom. The highest BCUT2D eigenvalue weighted by molar-refractivity contribution is 7.89. The molecule has 2 saturated heterocycles. The van der Waals surface area contributed by atoms with Crippen LogP contribution >= 0.6 is 0 Å². The van der Waals surface area contributed by atoms with Gasteiger partial charge in [-0.1, -0.05) is 30.5 Å². The van der Waals surface area contributed by atoms with E-state index in [0.29, 0.717) is 25.3 Å². The summed E-state index contributed by atoms with van der Waals surface area (Å²) in [5.74, 6) is -0.770. The number of nitrogens with one attached hydrogen (secondary N) is 1. The topological polar surface area (TPSA) is 86.8 Å². The Labute approximate surface area is 189 Å². The van der Waals surface area contributed by atoms with Gasteiger partial charge in [0, 0.05) is 37.4 Å². The van der Waals surface area contributed by atoms with E-state index in [2.05, 4.69) is 5.32 Å². The second-order valence-electron chi connectivity index (χ2n) is 8.57. The van der Waals surface area contributed by atoms with Crippen LogP contribution in [0.25, 0.3) is 0 Å². The molecule has 1 N–H and O–H groups in total. The van der Waals surface area contributed by atoms with Crippen molar-refractivity contribution in [3.63, 3.8) is 0 Å². The first kappa shape index (κ1) is 22.5. The van der Waals surface area contributed by atoms with E-state index < -0.39 is 15.9 Å². The van der Waals surface area contributed by atoms with Gasteiger partial charge in [0.25, 0.3) is 0 Å². The van der Waals surface area contributed by atoms with E-state index in [9.17, 15) is 18.0 Å². The van der Waals surface area contributed by atoms with Crippen molar-refractivity contribution >= 4 is 33.2 Å². The fourth-order valence-electron chi connectivity index (χ4n) is 4.24. The van der Waals surface area contributed by atoms with Crippen molar-refractivity contribution in [2.45, 2.75) is 43.9 Å². The van der Waals surface area contributed by atoms with Gasteiger partial charge >= 0.3 is 0 Å². The molecule has 2 heterocycles. The van der Waals surface area contributed by atoms with E-state index in [0.717, 1.165) is 36.9 Å². The summed E-state index contributed by atoms with van der Waals surface area (Å²) in [5, 5.41) is 2.83. The Morgan fingerprint density at radius 1 is 0.938 bits per heavy atom. The molecule has 2 aromatic carbocycles. The number of carbonyl (C=O) groups excluding carboxylic acids is 2. The molecule has 0 unspecified atom stereocenters. The maximum atomic E-state index is 12.9. The number of aryl methyl sites for hydroxylation is 1. The van der Waals surface area contributed by atoms with Gasteiger partial charge in [-0.05, 0) is 56.2 Å². The second kappa shape index (κ2) is 9.42. The van der Waals surface area contributed by atoms with E-state index in [-0.39, 0.29) is 23.1 Å². The Hall–Kier alpha value is -2.71. The monoisotopic (exact) mass is 455 g/mol. The predicted octanol–water partition coefficient (Wildman–Crippen LogP) is 3.55. The molecule has 170 valence electrons. The lowest BCUT2D eigenvalue weighted by molar-refractivity contribution is -0.122. The van der Waals surface area contributed by atoms with E-state index in [1.165, 1.54) is 12.1 Å². The highest BCUT2D eigenvalue weighted by atomic mass is 32.2. The predicted molar refractivity (Wildman–Crippen MR) is 124 cm³/mol. The minimum Gasteiger partial charge on any atom is -0.326 e. The van der Waals surface area contributed by atoms with Gasteiger partial charge in [-0.2, -0.15) is 4.31 Å². The SMILES string of the molecule is Cc1ccc(N2C[C@@H](C(=O)Nc3ccc(S(=O)(=O)N4CCCCCC4)cc3)CC2=O)cc1. The molecular weight excluding hydrogens is 426 g/mol. The molecule has 2 aromatic rings. The summed E-state index contributed by atoms with van der Waals surface area (Å²) in [6.07, 6.45) is 4.03. The zero-order chi connectivity index (χ0) is 22.7. The minimum atomic E-state index is -3.53. The van der Waals surface area contributed by atoms with Gasteiger partial charge in [0.1, 0.15) is 0 Å². The second-order valence-corrected chi connectivity index (χ2v) is 10.5. The number of amides is 2. The Bertz CT molecular complexity index is 1070. The molecule has 7 nitrogen and oxygen atoms in total. The van der Waals surface area contributed by atoms with Gasteiger partial charge in [-0.25, -0.2) is 8.42 Å². The average Bonchev–Trinajstić information content (AvgIpc) is 2.98. The maximum absolute atomic E-state index is 12.9. The largest absolute Gasteiger partial charge is 0.326 e. The molecular formula is C24H29N3O4S. The number of benzene rings is 2. The van der Waals surface area contributed by atoms with E-state index in [4.69, 9.17) is 0 Å². The van der Waals surface area contributed by atoms with Gasteiger partial charge in [-0.3, -0.25) is 9.59 Å². The lowest BCUT2D eigenvalue weighted by Gasteiger charge is -2.20. The van der Waals surface area contributed by atoms with Gasteiger partial charge in [0.2, 0.25) is 21.8 Å². The molecule has 4 rings (SSSR count). The fraction of sp³-hybridized carbons (Fsp3) is 0.417. The molecule has 2 fully saturated rings. The van der Waals surface area contributed by atoms with Crippen LogP contribution in [-0.2, 0) is 19.6 Å². The smallest absolute Gasteiger partial charge is 0.243 e. The number of hydrogen-bond donors (Lipinski definition) is 1. The van der Waals surface area contributed by atoms with Crippen molar-refractivity contribution in [2.75, 3.05) is 29.9 Å². The summed E-state index contributed by atoms with van der Waals surface area (Å²) in [6, 6.07) is 13.9. The van der Waals surface area contributed by atoms with Crippen LogP contribution in [0.3, 0.4) is 0 Å². The zero-order valence-corrected chi connectivity index (χ0v) is 19.1. The zero-order valence-electron chi connectivity index (χ0n) is 18.3. The third kappa shape index (κ3) is 4.86. The van der Waals surface area contributed by atoms with Crippen LogP contribution in [0.5, 0.6) is 0 Å². The van der Waals surface area contributed by atoms with Crippen LogP contribution in [0, 0.1) is 12.8 Å². The third-order valence-electron chi connectivity index (χ3n) is 6.17. The normalized spacial score (nSPS) is 20.2. The Balaban J connectivity index is 1.39. The first-order valence-electron chi connectivity index (χ1n) is 11.1. The average molecular weight is 456 g/mol. The van der Waals surface area contributed by atoms with E-state index in [1.54, 1.807) is 21.3 Å². The third-order valence-corrected chi connectivity index (χ3v) is 8.08. The van der Waals surface area contributed by atoms with Crippen LogP contribution in [0.15, 0.2) is 53.4 Å². The van der Waals surface area contributed by atoms with Crippen LogP contribution < -0.4 is 10.2 Å². The number of rotatable bonds is 5. The Morgan fingerprint density at radius 2 is 1.56 bits per heavy atom. The van der Waals surface area contributed by atoms with Crippen molar-refractivity contribution in [3.8, 4) is 0 Å². The van der Waals surface area contributed by atoms with Gasteiger partial charge in [0.05, 0.1) is 10.8 Å². The van der Waals surface area contributed by atoms with Crippen molar-refractivity contribution in [1.29, 1.82) is 0 Å².